The standard InChI is InChI=1S/C9H13N3O2S/c10-7-3-8(13)12-9(11-7)15-5-6-1-2-14-4-6/h3,6H,1-2,4-5H2,(H3,10,11,12,13). The number of hydrogen-bond donors (Lipinski definition) is 2. The Bertz CT molecular complexity index is 387. The zero-order chi connectivity index (χ0) is 10.7. The van der Waals surface area contributed by atoms with E-state index in [0.29, 0.717) is 11.1 Å². The Morgan fingerprint density at radius 3 is 3.27 bits per heavy atom. The third-order valence-electron chi connectivity index (χ3n) is 2.22. The summed E-state index contributed by atoms with van der Waals surface area (Å²) in [5, 5.41) is 0.590. The predicted octanol–water partition coefficient (Wildman–Crippen LogP) is 0.481. The van der Waals surface area contributed by atoms with Gasteiger partial charge in [0.2, 0.25) is 0 Å². The van der Waals surface area contributed by atoms with Gasteiger partial charge in [0.15, 0.2) is 5.16 Å². The van der Waals surface area contributed by atoms with Crippen LogP contribution >= 0.6 is 11.8 Å². The van der Waals surface area contributed by atoms with Crippen LogP contribution in [-0.4, -0.2) is 28.9 Å². The van der Waals surface area contributed by atoms with Gasteiger partial charge in [0.25, 0.3) is 5.56 Å². The van der Waals surface area contributed by atoms with Crippen LogP contribution in [0.4, 0.5) is 5.82 Å². The Balaban J connectivity index is 1.95. The molecule has 1 aromatic heterocycles. The molecule has 0 aromatic carbocycles. The SMILES string of the molecule is Nc1cc(=O)[nH]c(SCC2CCOC2)n1. The molecule has 1 saturated heterocycles. The summed E-state index contributed by atoms with van der Waals surface area (Å²) < 4.78 is 5.26. The largest absolute Gasteiger partial charge is 0.383 e. The van der Waals surface area contributed by atoms with Gasteiger partial charge in [0.1, 0.15) is 5.82 Å². The fourth-order valence-corrected chi connectivity index (χ4v) is 2.43. The summed E-state index contributed by atoms with van der Waals surface area (Å²) >= 11 is 1.52. The highest BCUT2D eigenvalue weighted by Gasteiger charge is 2.16. The Hall–Kier alpha value is -1.01. The van der Waals surface area contributed by atoms with Crippen molar-refractivity contribution in [1.29, 1.82) is 0 Å². The van der Waals surface area contributed by atoms with Gasteiger partial charge in [-0.05, 0) is 12.3 Å². The average Bonchev–Trinajstić information content (AvgIpc) is 2.65. The number of rotatable bonds is 3. The second-order valence-electron chi connectivity index (χ2n) is 3.52. The van der Waals surface area contributed by atoms with Gasteiger partial charge >= 0.3 is 0 Å². The zero-order valence-electron chi connectivity index (χ0n) is 8.23. The molecule has 5 nitrogen and oxygen atoms in total. The van der Waals surface area contributed by atoms with Crippen LogP contribution < -0.4 is 11.3 Å². The predicted molar refractivity (Wildman–Crippen MR) is 58.9 cm³/mol. The van der Waals surface area contributed by atoms with Crippen LogP contribution in [0.3, 0.4) is 0 Å². The number of aromatic nitrogens is 2. The fourth-order valence-electron chi connectivity index (χ4n) is 1.43. The molecular weight excluding hydrogens is 214 g/mol. The highest BCUT2D eigenvalue weighted by molar-refractivity contribution is 7.99. The molecule has 1 aliphatic heterocycles. The Kier molecular flexibility index (Phi) is 3.27. The molecule has 0 amide bonds. The first-order chi connectivity index (χ1) is 7.24. The summed E-state index contributed by atoms with van der Waals surface area (Å²) in [4.78, 5) is 17.8. The average molecular weight is 227 g/mol. The second-order valence-corrected chi connectivity index (χ2v) is 4.52. The zero-order valence-corrected chi connectivity index (χ0v) is 9.05. The number of nitrogens with zero attached hydrogens (tertiary/aromatic N) is 1. The van der Waals surface area contributed by atoms with Crippen molar-refractivity contribution in [3.05, 3.63) is 16.4 Å². The minimum atomic E-state index is -0.201. The highest BCUT2D eigenvalue weighted by atomic mass is 32.2. The third-order valence-corrected chi connectivity index (χ3v) is 3.32. The van der Waals surface area contributed by atoms with Crippen molar-refractivity contribution in [2.24, 2.45) is 5.92 Å². The molecular formula is C9H13N3O2S. The van der Waals surface area contributed by atoms with E-state index < -0.39 is 0 Å². The molecule has 2 rings (SSSR count). The molecule has 1 atom stereocenters. The first-order valence-electron chi connectivity index (χ1n) is 4.81. The molecule has 15 heavy (non-hydrogen) atoms. The van der Waals surface area contributed by atoms with E-state index in [0.717, 1.165) is 25.4 Å². The second kappa shape index (κ2) is 4.67. The number of nitrogen functional groups attached to an aromatic ring is 1. The Morgan fingerprint density at radius 2 is 2.60 bits per heavy atom. The van der Waals surface area contributed by atoms with E-state index in [1.54, 1.807) is 0 Å². The van der Waals surface area contributed by atoms with Crippen LogP contribution in [0.1, 0.15) is 6.42 Å². The highest BCUT2D eigenvalue weighted by Crippen LogP contribution is 2.21. The molecule has 0 bridgehead atoms. The smallest absolute Gasteiger partial charge is 0.253 e. The number of anilines is 1. The van der Waals surface area contributed by atoms with Gasteiger partial charge in [-0.25, -0.2) is 4.98 Å². The van der Waals surface area contributed by atoms with Crippen molar-refractivity contribution in [2.45, 2.75) is 11.6 Å². The van der Waals surface area contributed by atoms with Crippen molar-refractivity contribution in [3.8, 4) is 0 Å². The molecule has 0 radical (unpaired) electrons. The van der Waals surface area contributed by atoms with Crippen LogP contribution in [0.25, 0.3) is 0 Å². The molecule has 0 saturated carbocycles. The number of hydrogen-bond acceptors (Lipinski definition) is 5. The van der Waals surface area contributed by atoms with Gasteiger partial charge in [-0.3, -0.25) is 4.79 Å². The van der Waals surface area contributed by atoms with Crippen LogP contribution in [0.15, 0.2) is 16.0 Å². The number of ether oxygens (including phenoxy) is 1. The lowest BCUT2D eigenvalue weighted by Gasteiger charge is -2.05. The van der Waals surface area contributed by atoms with Crippen molar-refractivity contribution >= 4 is 17.6 Å². The van der Waals surface area contributed by atoms with Gasteiger partial charge in [-0.15, -0.1) is 0 Å². The molecule has 1 aliphatic rings. The quantitative estimate of drug-likeness (QED) is 0.580. The van der Waals surface area contributed by atoms with Crippen molar-refractivity contribution in [1.82, 2.24) is 9.97 Å². The first kappa shape index (κ1) is 10.5. The fraction of sp³-hybridized carbons (Fsp3) is 0.556. The lowest BCUT2D eigenvalue weighted by molar-refractivity contribution is 0.189. The molecule has 6 heteroatoms. The number of thioether (sulfide) groups is 1. The number of H-pyrrole nitrogens is 1. The van der Waals surface area contributed by atoms with Gasteiger partial charge in [-0.1, -0.05) is 11.8 Å². The van der Waals surface area contributed by atoms with Crippen LogP contribution in [0.5, 0.6) is 0 Å². The van der Waals surface area contributed by atoms with E-state index in [-0.39, 0.29) is 11.4 Å². The normalized spacial score (nSPS) is 20.7. The van der Waals surface area contributed by atoms with Gasteiger partial charge in [0.05, 0.1) is 6.61 Å². The Morgan fingerprint density at radius 1 is 1.73 bits per heavy atom. The molecule has 0 aliphatic carbocycles. The molecule has 0 spiro atoms. The van der Waals surface area contributed by atoms with Gasteiger partial charge < -0.3 is 15.5 Å². The first-order valence-corrected chi connectivity index (χ1v) is 5.80. The lowest BCUT2D eigenvalue weighted by Crippen LogP contribution is -2.10. The molecule has 1 unspecified atom stereocenters. The van der Waals surface area contributed by atoms with E-state index in [1.807, 2.05) is 0 Å². The molecule has 1 aromatic rings. The maximum Gasteiger partial charge on any atom is 0.253 e. The van der Waals surface area contributed by atoms with Gasteiger partial charge in [0, 0.05) is 18.4 Å². The molecule has 82 valence electrons. The summed E-state index contributed by atoms with van der Waals surface area (Å²) in [6, 6.07) is 1.28. The molecule has 1 fully saturated rings. The van der Waals surface area contributed by atoms with Crippen LogP contribution in [0, 0.1) is 5.92 Å². The maximum absolute atomic E-state index is 11.1. The monoisotopic (exact) mass is 227 g/mol. The number of aromatic amines is 1. The van der Waals surface area contributed by atoms with Crippen LogP contribution in [0.2, 0.25) is 0 Å². The van der Waals surface area contributed by atoms with Crippen LogP contribution in [-0.2, 0) is 4.74 Å². The van der Waals surface area contributed by atoms with E-state index in [4.69, 9.17) is 10.5 Å². The van der Waals surface area contributed by atoms with Gasteiger partial charge in [-0.2, -0.15) is 0 Å². The summed E-state index contributed by atoms with van der Waals surface area (Å²) in [6.45, 7) is 1.64. The summed E-state index contributed by atoms with van der Waals surface area (Å²) in [5.41, 5.74) is 5.27. The minimum Gasteiger partial charge on any atom is -0.383 e. The van der Waals surface area contributed by atoms with E-state index in [2.05, 4.69) is 9.97 Å². The number of nitrogens with two attached hydrogens (primary N) is 1. The Labute approximate surface area is 91.4 Å². The number of nitrogens with one attached hydrogen (secondary N) is 1. The van der Waals surface area contributed by atoms with Crippen molar-refractivity contribution in [2.75, 3.05) is 24.7 Å². The third kappa shape index (κ3) is 2.97. The van der Waals surface area contributed by atoms with Crippen molar-refractivity contribution in [3.63, 3.8) is 0 Å². The van der Waals surface area contributed by atoms with E-state index >= 15 is 0 Å². The summed E-state index contributed by atoms with van der Waals surface area (Å²) in [5.74, 6) is 1.73. The molecule has 2 heterocycles. The van der Waals surface area contributed by atoms with E-state index in [9.17, 15) is 4.79 Å². The minimum absolute atomic E-state index is 0.201. The van der Waals surface area contributed by atoms with Crippen molar-refractivity contribution < 1.29 is 4.74 Å². The lowest BCUT2D eigenvalue weighted by atomic mass is 10.2. The topological polar surface area (TPSA) is 81.0 Å². The molecule has 3 N–H and O–H groups in total. The van der Waals surface area contributed by atoms with E-state index in [1.165, 1.54) is 17.8 Å². The maximum atomic E-state index is 11.1. The summed E-state index contributed by atoms with van der Waals surface area (Å²) in [7, 11) is 0. The summed E-state index contributed by atoms with van der Waals surface area (Å²) in [6.07, 6.45) is 1.08.